The van der Waals surface area contributed by atoms with Crippen molar-refractivity contribution in [1.29, 1.82) is 0 Å². The van der Waals surface area contributed by atoms with Gasteiger partial charge in [0.2, 0.25) is 0 Å². The number of nitrogens with two attached hydrogens (primary N) is 1. The number of pyridine rings is 1. The van der Waals surface area contributed by atoms with Gasteiger partial charge in [0.15, 0.2) is 0 Å². The third-order valence-corrected chi connectivity index (χ3v) is 3.56. The Morgan fingerprint density at radius 1 is 1.55 bits per heavy atom. The van der Waals surface area contributed by atoms with Gasteiger partial charge in [0.1, 0.15) is 0 Å². The third kappa shape index (κ3) is 3.67. The fraction of sp³-hybridized carbons (Fsp3) is 0.200. The topological polar surface area (TPSA) is 59.2 Å². The molecule has 0 saturated carbocycles. The molecule has 2 rings (SSSR count). The van der Waals surface area contributed by atoms with Gasteiger partial charge < -0.3 is 10.6 Å². The molecule has 0 saturated heterocycles. The summed E-state index contributed by atoms with van der Waals surface area (Å²) in [5, 5.41) is 1.97. The fourth-order valence-electron chi connectivity index (χ4n) is 1.70. The molecule has 1 amide bonds. The quantitative estimate of drug-likeness (QED) is 0.874. The number of carbonyl (C=O) groups is 1. The van der Waals surface area contributed by atoms with Crippen LogP contribution >= 0.6 is 11.3 Å². The van der Waals surface area contributed by atoms with E-state index in [1.165, 1.54) is 0 Å². The maximum Gasteiger partial charge on any atom is 0.255 e. The monoisotopic (exact) mass is 285 g/mol. The van der Waals surface area contributed by atoms with Crippen molar-refractivity contribution in [2.45, 2.75) is 6.54 Å². The molecule has 2 aromatic rings. The van der Waals surface area contributed by atoms with Crippen LogP contribution in [0, 0.1) is 11.8 Å². The molecule has 5 heteroatoms. The second kappa shape index (κ2) is 6.85. The number of nitrogens with zero attached hydrogens (tertiary/aromatic N) is 2. The van der Waals surface area contributed by atoms with E-state index in [1.807, 2.05) is 11.4 Å². The summed E-state index contributed by atoms with van der Waals surface area (Å²) in [5.41, 5.74) is 6.87. The Morgan fingerprint density at radius 3 is 3.10 bits per heavy atom. The molecule has 4 nitrogen and oxygen atoms in total. The molecule has 0 unspecified atom stereocenters. The van der Waals surface area contributed by atoms with Gasteiger partial charge in [0.25, 0.3) is 5.91 Å². The van der Waals surface area contributed by atoms with Gasteiger partial charge in [-0.05, 0) is 18.2 Å². The van der Waals surface area contributed by atoms with Gasteiger partial charge in [0.05, 0.1) is 18.7 Å². The smallest absolute Gasteiger partial charge is 0.255 e. The number of hydrogen-bond donors (Lipinski definition) is 1. The van der Waals surface area contributed by atoms with Crippen LogP contribution < -0.4 is 5.73 Å². The molecule has 0 aliphatic rings. The summed E-state index contributed by atoms with van der Waals surface area (Å²) < 4.78 is 0. The predicted octanol–water partition coefficient (Wildman–Crippen LogP) is 1.73. The second-order valence-electron chi connectivity index (χ2n) is 4.21. The molecule has 0 atom stereocenters. The Hall–Kier alpha value is -2.16. The van der Waals surface area contributed by atoms with Crippen molar-refractivity contribution < 1.29 is 4.79 Å². The molecular formula is C15H15N3OS. The van der Waals surface area contributed by atoms with Gasteiger partial charge in [-0.3, -0.25) is 9.78 Å². The SMILES string of the molecule is CN(Cc1cc(C#CCN)cs1)C(=O)c1cccnc1. The summed E-state index contributed by atoms with van der Waals surface area (Å²) in [5.74, 6) is 5.76. The highest BCUT2D eigenvalue weighted by molar-refractivity contribution is 7.10. The highest BCUT2D eigenvalue weighted by atomic mass is 32.1. The minimum atomic E-state index is -0.0407. The minimum Gasteiger partial charge on any atom is -0.337 e. The van der Waals surface area contributed by atoms with E-state index in [1.54, 1.807) is 47.8 Å². The van der Waals surface area contributed by atoms with E-state index in [-0.39, 0.29) is 5.91 Å². The Bertz CT molecular complexity index is 640. The van der Waals surface area contributed by atoms with Crippen LogP contribution in [0.2, 0.25) is 0 Å². The van der Waals surface area contributed by atoms with E-state index in [0.29, 0.717) is 18.7 Å². The van der Waals surface area contributed by atoms with Gasteiger partial charge >= 0.3 is 0 Å². The van der Waals surface area contributed by atoms with Gasteiger partial charge in [-0.25, -0.2) is 0 Å². The molecule has 0 bridgehead atoms. The maximum atomic E-state index is 12.2. The Kier molecular flexibility index (Phi) is 4.88. The molecular weight excluding hydrogens is 270 g/mol. The number of thiophene rings is 1. The number of amides is 1. The van der Waals surface area contributed by atoms with E-state index in [9.17, 15) is 4.79 Å². The number of rotatable bonds is 3. The van der Waals surface area contributed by atoms with Crippen molar-refractivity contribution in [3.05, 3.63) is 52.0 Å². The second-order valence-corrected chi connectivity index (χ2v) is 5.21. The van der Waals surface area contributed by atoms with Crippen LogP contribution in [0.5, 0.6) is 0 Å². The van der Waals surface area contributed by atoms with Crippen molar-refractivity contribution in [3.63, 3.8) is 0 Å². The van der Waals surface area contributed by atoms with Gasteiger partial charge in [-0.2, -0.15) is 0 Å². The molecule has 20 heavy (non-hydrogen) atoms. The van der Waals surface area contributed by atoms with Crippen LogP contribution in [0.25, 0.3) is 0 Å². The number of carbonyl (C=O) groups excluding carboxylic acids is 1. The van der Waals surface area contributed by atoms with Gasteiger partial charge in [0, 0.05) is 35.3 Å². The Labute approximate surface area is 122 Å². The predicted molar refractivity (Wildman–Crippen MR) is 80.3 cm³/mol. The standard InChI is InChI=1S/C15H15N3OS/c1-18(15(19)13-5-3-7-17-9-13)10-14-8-12(11-20-14)4-2-6-16/h3,5,7-9,11H,6,10,16H2,1H3. The highest BCUT2D eigenvalue weighted by Gasteiger charge is 2.12. The number of hydrogen-bond acceptors (Lipinski definition) is 4. The summed E-state index contributed by atoms with van der Waals surface area (Å²) >= 11 is 1.59. The Balaban J connectivity index is 2.02. The largest absolute Gasteiger partial charge is 0.337 e. The van der Waals surface area contributed by atoms with Crippen LogP contribution in [0.3, 0.4) is 0 Å². The molecule has 102 valence electrons. The lowest BCUT2D eigenvalue weighted by Gasteiger charge is -2.15. The zero-order valence-electron chi connectivity index (χ0n) is 11.2. The lowest BCUT2D eigenvalue weighted by Crippen LogP contribution is -2.25. The van der Waals surface area contributed by atoms with Crippen molar-refractivity contribution in [1.82, 2.24) is 9.88 Å². The molecule has 0 aromatic carbocycles. The molecule has 0 spiro atoms. The zero-order valence-corrected chi connectivity index (χ0v) is 12.0. The first-order valence-corrected chi connectivity index (χ1v) is 7.00. The number of aromatic nitrogens is 1. The van der Waals surface area contributed by atoms with Gasteiger partial charge in [-0.1, -0.05) is 11.8 Å². The third-order valence-electron chi connectivity index (χ3n) is 2.64. The van der Waals surface area contributed by atoms with Crippen LogP contribution in [-0.4, -0.2) is 29.4 Å². The summed E-state index contributed by atoms with van der Waals surface area (Å²) in [4.78, 5) is 18.9. The summed E-state index contributed by atoms with van der Waals surface area (Å²) in [6.07, 6.45) is 3.23. The molecule has 2 N–H and O–H groups in total. The van der Waals surface area contributed by atoms with E-state index < -0.39 is 0 Å². The summed E-state index contributed by atoms with van der Waals surface area (Å²) in [6, 6.07) is 5.51. The van der Waals surface area contributed by atoms with E-state index in [2.05, 4.69) is 16.8 Å². The summed E-state index contributed by atoms with van der Waals surface area (Å²) in [7, 11) is 1.78. The Morgan fingerprint density at radius 2 is 2.40 bits per heavy atom. The first-order chi connectivity index (χ1) is 9.70. The van der Waals surface area contributed by atoms with Crippen molar-refractivity contribution in [2.24, 2.45) is 5.73 Å². The van der Waals surface area contributed by atoms with Crippen molar-refractivity contribution >= 4 is 17.2 Å². The lowest BCUT2D eigenvalue weighted by molar-refractivity contribution is 0.0786. The van der Waals surface area contributed by atoms with E-state index in [4.69, 9.17) is 5.73 Å². The van der Waals surface area contributed by atoms with E-state index >= 15 is 0 Å². The zero-order chi connectivity index (χ0) is 14.4. The van der Waals surface area contributed by atoms with Crippen molar-refractivity contribution in [2.75, 3.05) is 13.6 Å². The molecule has 0 aliphatic carbocycles. The maximum absolute atomic E-state index is 12.2. The normalized spacial score (nSPS) is 9.70. The highest BCUT2D eigenvalue weighted by Crippen LogP contribution is 2.16. The first-order valence-electron chi connectivity index (χ1n) is 6.12. The molecule has 2 aromatic heterocycles. The molecule has 0 fully saturated rings. The average molecular weight is 285 g/mol. The average Bonchev–Trinajstić information content (AvgIpc) is 2.92. The molecule has 0 aliphatic heterocycles. The summed E-state index contributed by atoms with van der Waals surface area (Å²) in [6.45, 7) is 0.910. The fourth-order valence-corrected chi connectivity index (χ4v) is 2.57. The first kappa shape index (κ1) is 14.3. The molecule has 2 heterocycles. The lowest BCUT2D eigenvalue weighted by atomic mass is 10.2. The minimum absolute atomic E-state index is 0.0407. The molecule has 0 radical (unpaired) electrons. The van der Waals surface area contributed by atoms with Crippen LogP contribution in [0.15, 0.2) is 36.0 Å². The van der Waals surface area contributed by atoms with Gasteiger partial charge in [-0.15, -0.1) is 11.3 Å². The van der Waals surface area contributed by atoms with Crippen LogP contribution in [-0.2, 0) is 6.54 Å². The van der Waals surface area contributed by atoms with Crippen LogP contribution in [0.1, 0.15) is 20.8 Å². The van der Waals surface area contributed by atoms with Crippen LogP contribution in [0.4, 0.5) is 0 Å². The van der Waals surface area contributed by atoms with Crippen molar-refractivity contribution in [3.8, 4) is 11.8 Å². The van der Waals surface area contributed by atoms with E-state index in [0.717, 1.165) is 10.4 Å².